The summed E-state index contributed by atoms with van der Waals surface area (Å²) >= 11 is 0. The maximum atomic E-state index is 5.91. The van der Waals surface area contributed by atoms with Crippen LogP contribution in [0.15, 0.2) is 48.9 Å². The predicted octanol–water partition coefficient (Wildman–Crippen LogP) is 3.78. The van der Waals surface area contributed by atoms with Crippen LogP contribution in [0.25, 0.3) is 10.9 Å². The summed E-state index contributed by atoms with van der Waals surface area (Å²) in [4.78, 5) is 4.06. The van der Waals surface area contributed by atoms with Gasteiger partial charge in [0.15, 0.2) is 0 Å². The molecule has 108 valence electrons. The number of rotatable bonds is 4. The Morgan fingerprint density at radius 3 is 2.86 bits per heavy atom. The molecule has 0 saturated heterocycles. The van der Waals surface area contributed by atoms with E-state index in [0.29, 0.717) is 12.6 Å². The van der Waals surface area contributed by atoms with Gasteiger partial charge in [-0.05, 0) is 38.1 Å². The third-order valence-corrected chi connectivity index (χ3v) is 3.53. The molecule has 0 saturated carbocycles. The molecule has 0 amide bonds. The Morgan fingerprint density at radius 1 is 1.29 bits per heavy atom. The molecule has 0 radical (unpaired) electrons. The maximum Gasteiger partial charge on any atom is 0.138 e. The van der Waals surface area contributed by atoms with Gasteiger partial charge in [-0.2, -0.15) is 0 Å². The van der Waals surface area contributed by atoms with Gasteiger partial charge in [-0.15, -0.1) is 0 Å². The molecule has 1 aromatic carbocycles. The normalized spacial score (nSPS) is 11.2. The lowest BCUT2D eigenvalue weighted by Crippen LogP contribution is -1.99. The van der Waals surface area contributed by atoms with E-state index in [-0.39, 0.29) is 0 Å². The largest absolute Gasteiger partial charge is 0.487 e. The molecule has 2 N–H and O–H groups in total. The van der Waals surface area contributed by atoms with Crippen LogP contribution < -0.4 is 10.5 Å². The second-order valence-electron chi connectivity index (χ2n) is 5.41. The molecule has 0 bridgehead atoms. The molecule has 4 heteroatoms. The number of anilines is 1. The van der Waals surface area contributed by atoms with Crippen LogP contribution in [-0.2, 0) is 6.61 Å². The van der Waals surface area contributed by atoms with E-state index in [1.54, 1.807) is 12.4 Å². The molecule has 0 aliphatic carbocycles. The Morgan fingerprint density at radius 2 is 2.14 bits per heavy atom. The highest BCUT2D eigenvalue weighted by Gasteiger charge is 2.11. The van der Waals surface area contributed by atoms with Crippen LogP contribution in [0.2, 0.25) is 0 Å². The third kappa shape index (κ3) is 2.70. The fraction of sp³-hybridized carbons (Fsp3) is 0.235. The van der Waals surface area contributed by atoms with Gasteiger partial charge in [0.05, 0.1) is 11.7 Å². The maximum absolute atomic E-state index is 5.91. The zero-order chi connectivity index (χ0) is 14.8. The van der Waals surface area contributed by atoms with E-state index < -0.39 is 0 Å². The van der Waals surface area contributed by atoms with Crippen molar-refractivity contribution in [1.29, 1.82) is 0 Å². The van der Waals surface area contributed by atoms with E-state index in [4.69, 9.17) is 10.5 Å². The van der Waals surface area contributed by atoms with Gasteiger partial charge in [0.2, 0.25) is 0 Å². The minimum absolute atomic E-state index is 0.376. The van der Waals surface area contributed by atoms with Crippen molar-refractivity contribution in [1.82, 2.24) is 9.55 Å². The number of nitrogens with two attached hydrogens (primary N) is 1. The summed E-state index contributed by atoms with van der Waals surface area (Å²) in [6.07, 6.45) is 5.60. The molecule has 0 aliphatic heterocycles. The topological polar surface area (TPSA) is 53.1 Å². The highest BCUT2D eigenvalue weighted by molar-refractivity contribution is 5.86. The van der Waals surface area contributed by atoms with Gasteiger partial charge in [-0.1, -0.05) is 6.07 Å². The first-order chi connectivity index (χ1) is 10.1. The van der Waals surface area contributed by atoms with E-state index in [1.807, 2.05) is 24.3 Å². The highest BCUT2D eigenvalue weighted by Crippen LogP contribution is 2.27. The number of benzene rings is 1. The Kier molecular flexibility index (Phi) is 3.52. The van der Waals surface area contributed by atoms with Gasteiger partial charge in [0.1, 0.15) is 12.4 Å². The minimum atomic E-state index is 0.376. The number of fused-ring (bicyclic) bond motifs is 1. The van der Waals surface area contributed by atoms with Crippen molar-refractivity contribution in [3.05, 3.63) is 54.5 Å². The van der Waals surface area contributed by atoms with Gasteiger partial charge in [-0.25, -0.2) is 0 Å². The molecular weight excluding hydrogens is 262 g/mol. The Hall–Kier alpha value is -2.49. The first kappa shape index (κ1) is 13.5. The number of nitrogen functional groups attached to an aromatic ring is 1. The summed E-state index contributed by atoms with van der Waals surface area (Å²) in [7, 11) is 0. The number of ether oxygens (including phenoxy) is 1. The fourth-order valence-corrected chi connectivity index (χ4v) is 2.48. The lowest BCUT2D eigenvalue weighted by molar-refractivity contribution is 0.306. The Balaban J connectivity index is 1.95. The predicted molar refractivity (Wildman–Crippen MR) is 85.3 cm³/mol. The number of aromatic nitrogens is 2. The monoisotopic (exact) mass is 281 g/mol. The van der Waals surface area contributed by atoms with Crippen LogP contribution in [0.3, 0.4) is 0 Å². The van der Waals surface area contributed by atoms with Gasteiger partial charge in [0, 0.05) is 35.1 Å². The lowest BCUT2D eigenvalue weighted by atomic mass is 10.1. The molecule has 2 heterocycles. The average molecular weight is 281 g/mol. The standard InChI is InChI=1S/C17H19N3O/c1-12(2)20-10-13(11-21-15-4-3-7-19-9-15)16-6-5-14(18)8-17(16)20/h3-10,12H,11,18H2,1-2H3. The first-order valence-electron chi connectivity index (χ1n) is 7.07. The van der Waals surface area contributed by atoms with Gasteiger partial charge >= 0.3 is 0 Å². The van der Waals surface area contributed by atoms with E-state index in [0.717, 1.165) is 22.5 Å². The molecule has 0 atom stereocenters. The van der Waals surface area contributed by atoms with E-state index in [2.05, 4.69) is 35.7 Å². The summed E-state index contributed by atoms with van der Waals surface area (Å²) < 4.78 is 8.05. The SMILES string of the molecule is CC(C)n1cc(COc2cccnc2)c2ccc(N)cc21. The summed E-state index contributed by atoms with van der Waals surface area (Å²) in [5.41, 5.74) is 9.00. The minimum Gasteiger partial charge on any atom is -0.487 e. The fourth-order valence-electron chi connectivity index (χ4n) is 2.48. The molecule has 0 fully saturated rings. The summed E-state index contributed by atoms with van der Waals surface area (Å²) in [6, 6.07) is 10.2. The number of hydrogen-bond acceptors (Lipinski definition) is 3. The van der Waals surface area contributed by atoms with Crippen LogP contribution >= 0.6 is 0 Å². The molecular formula is C17H19N3O. The van der Waals surface area contributed by atoms with Gasteiger partial charge in [-0.3, -0.25) is 4.98 Å². The second kappa shape index (κ2) is 5.48. The van der Waals surface area contributed by atoms with Crippen molar-refractivity contribution in [2.45, 2.75) is 26.5 Å². The number of hydrogen-bond donors (Lipinski definition) is 1. The number of nitrogens with zero attached hydrogens (tertiary/aromatic N) is 2. The van der Waals surface area contributed by atoms with Crippen molar-refractivity contribution in [3.63, 3.8) is 0 Å². The Labute approximate surface area is 124 Å². The molecule has 0 unspecified atom stereocenters. The average Bonchev–Trinajstić information content (AvgIpc) is 2.84. The van der Waals surface area contributed by atoms with E-state index in [9.17, 15) is 0 Å². The van der Waals surface area contributed by atoms with Gasteiger partial charge in [0.25, 0.3) is 0 Å². The summed E-state index contributed by atoms with van der Waals surface area (Å²) in [5.74, 6) is 0.776. The van der Waals surface area contributed by atoms with Crippen molar-refractivity contribution >= 4 is 16.6 Å². The van der Waals surface area contributed by atoms with Crippen LogP contribution in [0, 0.1) is 0 Å². The quantitative estimate of drug-likeness (QED) is 0.740. The highest BCUT2D eigenvalue weighted by atomic mass is 16.5. The third-order valence-electron chi connectivity index (χ3n) is 3.53. The van der Waals surface area contributed by atoms with E-state index >= 15 is 0 Å². The number of pyridine rings is 1. The smallest absolute Gasteiger partial charge is 0.138 e. The summed E-state index contributed by atoms with van der Waals surface area (Å²) in [5, 5.41) is 1.18. The molecule has 4 nitrogen and oxygen atoms in total. The van der Waals surface area contributed by atoms with Crippen molar-refractivity contribution < 1.29 is 4.74 Å². The Bertz CT molecular complexity index is 747. The molecule has 2 aromatic heterocycles. The van der Waals surface area contributed by atoms with E-state index in [1.165, 1.54) is 5.39 Å². The van der Waals surface area contributed by atoms with Crippen LogP contribution in [0.5, 0.6) is 5.75 Å². The second-order valence-corrected chi connectivity index (χ2v) is 5.41. The van der Waals surface area contributed by atoms with Crippen molar-refractivity contribution in [2.75, 3.05) is 5.73 Å². The van der Waals surface area contributed by atoms with Crippen molar-refractivity contribution in [2.24, 2.45) is 0 Å². The van der Waals surface area contributed by atoms with Crippen LogP contribution in [0.1, 0.15) is 25.5 Å². The van der Waals surface area contributed by atoms with Crippen LogP contribution in [-0.4, -0.2) is 9.55 Å². The summed E-state index contributed by atoms with van der Waals surface area (Å²) in [6.45, 7) is 4.84. The molecule has 0 aliphatic rings. The zero-order valence-electron chi connectivity index (χ0n) is 12.3. The van der Waals surface area contributed by atoms with Crippen molar-refractivity contribution in [3.8, 4) is 5.75 Å². The molecule has 3 rings (SSSR count). The molecule has 21 heavy (non-hydrogen) atoms. The van der Waals surface area contributed by atoms with Gasteiger partial charge < -0.3 is 15.0 Å². The molecule has 3 aromatic rings. The molecule has 0 spiro atoms. The van der Waals surface area contributed by atoms with Crippen LogP contribution in [0.4, 0.5) is 5.69 Å². The first-order valence-corrected chi connectivity index (χ1v) is 7.07. The zero-order valence-corrected chi connectivity index (χ0v) is 12.3. The lowest BCUT2D eigenvalue weighted by Gasteiger charge is -2.09.